The molecule has 23 heavy (non-hydrogen) atoms. The van der Waals surface area contributed by atoms with Crippen molar-refractivity contribution in [1.29, 1.82) is 0 Å². The molecular weight excluding hydrogens is 290 g/mol. The van der Waals surface area contributed by atoms with Crippen molar-refractivity contribution in [2.45, 2.75) is 38.3 Å². The molecule has 0 spiro atoms. The lowest BCUT2D eigenvalue weighted by Gasteiger charge is -2.30. The summed E-state index contributed by atoms with van der Waals surface area (Å²) in [7, 11) is 0. The van der Waals surface area contributed by atoms with Gasteiger partial charge in [-0.2, -0.15) is 5.10 Å². The molecule has 1 aromatic carbocycles. The van der Waals surface area contributed by atoms with E-state index in [0.29, 0.717) is 6.54 Å². The largest absolute Gasteiger partial charge is 0.311 e. The minimum absolute atomic E-state index is 0.154. The summed E-state index contributed by atoms with van der Waals surface area (Å²) in [5, 5.41) is 7.62. The van der Waals surface area contributed by atoms with Crippen LogP contribution in [0.4, 0.5) is 5.69 Å². The van der Waals surface area contributed by atoms with Crippen LogP contribution < -0.4 is 10.2 Å². The minimum atomic E-state index is 0.154. The van der Waals surface area contributed by atoms with Crippen LogP contribution in [0, 0.1) is 0 Å². The zero-order valence-corrected chi connectivity index (χ0v) is 13.1. The van der Waals surface area contributed by atoms with E-state index < -0.39 is 0 Å². The zero-order chi connectivity index (χ0) is 15.6. The van der Waals surface area contributed by atoms with Crippen molar-refractivity contribution in [3.63, 3.8) is 0 Å². The summed E-state index contributed by atoms with van der Waals surface area (Å²) in [4.78, 5) is 18.8. The first-order valence-corrected chi connectivity index (χ1v) is 8.29. The van der Waals surface area contributed by atoms with E-state index >= 15 is 0 Å². The fourth-order valence-electron chi connectivity index (χ4n) is 3.52. The predicted octanol–water partition coefficient (Wildman–Crippen LogP) is 1.16. The van der Waals surface area contributed by atoms with Gasteiger partial charge in [0, 0.05) is 24.7 Å². The maximum Gasteiger partial charge on any atom is 0.240 e. The van der Waals surface area contributed by atoms with Crippen molar-refractivity contribution in [3.05, 3.63) is 42.0 Å². The number of fused-ring (bicyclic) bond motifs is 2. The maximum absolute atomic E-state index is 12.6. The van der Waals surface area contributed by atoms with Gasteiger partial charge in [0.1, 0.15) is 12.2 Å². The Morgan fingerprint density at radius 2 is 2.22 bits per heavy atom. The molecule has 0 saturated carbocycles. The highest BCUT2D eigenvalue weighted by Gasteiger charge is 2.24. The molecule has 1 unspecified atom stereocenters. The molecule has 120 valence electrons. The number of hydrogen-bond donors (Lipinski definition) is 1. The Morgan fingerprint density at radius 3 is 3.17 bits per heavy atom. The average Bonchev–Trinajstić information content (AvgIpc) is 3.07. The molecule has 1 N–H and O–H groups in total. The summed E-state index contributed by atoms with van der Waals surface area (Å²) < 4.78 is 1.93. The quantitative estimate of drug-likeness (QED) is 0.924. The Bertz CT molecular complexity index is 711. The van der Waals surface area contributed by atoms with Crippen molar-refractivity contribution >= 4 is 11.6 Å². The van der Waals surface area contributed by atoms with Crippen molar-refractivity contribution in [1.82, 2.24) is 20.1 Å². The number of nitrogens with one attached hydrogen (secondary N) is 1. The molecule has 0 fully saturated rings. The van der Waals surface area contributed by atoms with E-state index in [1.807, 2.05) is 21.7 Å². The molecule has 6 nitrogen and oxygen atoms in total. The Kier molecular flexibility index (Phi) is 3.83. The maximum atomic E-state index is 12.6. The molecule has 0 saturated heterocycles. The van der Waals surface area contributed by atoms with Gasteiger partial charge in [-0.05, 0) is 30.9 Å². The van der Waals surface area contributed by atoms with E-state index in [1.165, 1.54) is 5.56 Å². The van der Waals surface area contributed by atoms with Crippen LogP contribution in [-0.2, 0) is 24.2 Å². The van der Waals surface area contributed by atoms with Crippen LogP contribution in [0.5, 0.6) is 0 Å². The Balaban J connectivity index is 1.38. The van der Waals surface area contributed by atoms with Gasteiger partial charge < -0.3 is 10.2 Å². The molecule has 4 rings (SSSR count). The highest BCUT2D eigenvalue weighted by molar-refractivity contribution is 5.95. The second-order valence-corrected chi connectivity index (χ2v) is 6.25. The number of anilines is 1. The molecule has 1 amide bonds. The smallest absolute Gasteiger partial charge is 0.240 e. The van der Waals surface area contributed by atoms with Gasteiger partial charge in [0.05, 0.1) is 13.1 Å². The monoisotopic (exact) mass is 311 g/mol. The number of rotatable bonds is 3. The number of hydrogen-bond acceptors (Lipinski definition) is 4. The van der Waals surface area contributed by atoms with E-state index in [0.717, 1.165) is 50.3 Å². The van der Waals surface area contributed by atoms with Crippen molar-refractivity contribution in [3.8, 4) is 0 Å². The van der Waals surface area contributed by atoms with Gasteiger partial charge >= 0.3 is 0 Å². The van der Waals surface area contributed by atoms with Gasteiger partial charge in [-0.3, -0.25) is 4.79 Å². The first kappa shape index (κ1) is 14.4. The fourth-order valence-corrected chi connectivity index (χ4v) is 3.52. The van der Waals surface area contributed by atoms with Gasteiger partial charge in [0.2, 0.25) is 5.91 Å². The van der Waals surface area contributed by atoms with Crippen LogP contribution >= 0.6 is 0 Å². The first-order chi connectivity index (χ1) is 11.3. The SMILES string of the molecule is O=C(CNC1CCc2ncnn2C1)N1CCCc2ccccc21. The molecule has 1 atom stereocenters. The lowest BCUT2D eigenvalue weighted by molar-refractivity contribution is -0.118. The number of benzene rings is 1. The number of carbonyl (C=O) groups excluding carboxylic acids is 1. The van der Waals surface area contributed by atoms with Gasteiger partial charge in [-0.15, -0.1) is 0 Å². The molecule has 6 heteroatoms. The Morgan fingerprint density at radius 1 is 1.30 bits per heavy atom. The van der Waals surface area contributed by atoms with E-state index in [4.69, 9.17) is 0 Å². The highest BCUT2D eigenvalue weighted by atomic mass is 16.2. The average molecular weight is 311 g/mol. The predicted molar refractivity (Wildman–Crippen MR) is 87.2 cm³/mol. The molecule has 1 aromatic heterocycles. The second-order valence-electron chi connectivity index (χ2n) is 6.25. The molecule has 0 bridgehead atoms. The molecule has 2 aromatic rings. The highest BCUT2D eigenvalue weighted by Crippen LogP contribution is 2.26. The topological polar surface area (TPSA) is 63.1 Å². The first-order valence-electron chi connectivity index (χ1n) is 8.29. The van der Waals surface area contributed by atoms with Crippen molar-refractivity contribution in [2.24, 2.45) is 0 Å². The van der Waals surface area contributed by atoms with Crippen LogP contribution in [-0.4, -0.2) is 39.8 Å². The summed E-state index contributed by atoms with van der Waals surface area (Å²) in [5.41, 5.74) is 2.35. The van der Waals surface area contributed by atoms with Crippen LogP contribution in [0.25, 0.3) is 0 Å². The Hall–Kier alpha value is -2.21. The van der Waals surface area contributed by atoms with Gasteiger partial charge in [-0.25, -0.2) is 9.67 Å². The summed E-state index contributed by atoms with van der Waals surface area (Å²) >= 11 is 0. The molecule has 3 heterocycles. The molecular formula is C17H21N5O. The van der Waals surface area contributed by atoms with Crippen molar-refractivity contribution < 1.29 is 4.79 Å². The number of amides is 1. The number of aromatic nitrogens is 3. The molecule has 2 aliphatic heterocycles. The van der Waals surface area contributed by atoms with E-state index in [1.54, 1.807) is 6.33 Å². The third-order valence-corrected chi connectivity index (χ3v) is 4.76. The van der Waals surface area contributed by atoms with Crippen LogP contribution in [0.1, 0.15) is 24.2 Å². The van der Waals surface area contributed by atoms with Gasteiger partial charge in [0.25, 0.3) is 0 Å². The summed E-state index contributed by atoms with van der Waals surface area (Å²) in [6.45, 7) is 1.98. The fraction of sp³-hybridized carbons (Fsp3) is 0.471. The zero-order valence-electron chi connectivity index (χ0n) is 13.1. The minimum Gasteiger partial charge on any atom is -0.311 e. The van der Waals surface area contributed by atoms with Crippen LogP contribution in [0.3, 0.4) is 0 Å². The third kappa shape index (κ3) is 2.86. The lowest BCUT2D eigenvalue weighted by atomic mass is 10.0. The molecule has 0 radical (unpaired) electrons. The van der Waals surface area contributed by atoms with E-state index in [2.05, 4.69) is 27.5 Å². The molecule has 2 aliphatic rings. The second kappa shape index (κ2) is 6.12. The van der Waals surface area contributed by atoms with Crippen LogP contribution in [0.2, 0.25) is 0 Å². The standard InChI is InChI=1S/C17H21N5O/c23-17(21-9-3-5-13-4-1-2-6-15(13)21)10-18-14-7-8-16-19-12-20-22(16)11-14/h1-2,4,6,12,14,18H,3,5,7-11H2. The van der Waals surface area contributed by atoms with Crippen molar-refractivity contribution in [2.75, 3.05) is 18.0 Å². The number of nitrogens with zero attached hydrogens (tertiary/aromatic N) is 4. The van der Waals surface area contributed by atoms with E-state index in [-0.39, 0.29) is 11.9 Å². The third-order valence-electron chi connectivity index (χ3n) is 4.76. The number of para-hydroxylation sites is 1. The summed E-state index contributed by atoms with van der Waals surface area (Å²) in [5.74, 6) is 1.20. The van der Waals surface area contributed by atoms with E-state index in [9.17, 15) is 4.79 Å². The van der Waals surface area contributed by atoms with Gasteiger partial charge in [0.15, 0.2) is 0 Å². The number of aryl methyl sites for hydroxylation is 2. The molecule has 0 aliphatic carbocycles. The summed E-state index contributed by atoms with van der Waals surface area (Å²) in [6.07, 6.45) is 5.62. The Labute approximate surface area is 135 Å². The normalized spacial score (nSPS) is 20.0. The van der Waals surface area contributed by atoms with Gasteiger partial charge in [-0.1, -0.05) is 18.2 Å². The lowest BCUT2D eigenvalue weighted by Crippen LogP contribution is -2.46. The summed E-state index contributed by atoms with van der Waals surface area (Å²) in [6, 6.07) is 8.51. The number of carbonyl (C=O) groups is 1. The van der Waals surface area contributed by atoms with Crippen LogP contribution in [0.15, 0.2) is 30.6 Å².